The first kappa shape index (κ1) is 14.5. The summed E-state index contributed by atoms with van der Waals surface area (Å²) in [5.41, 5.74) is 5.50. The van der Waals surface area contributed by atoms with E-state index in [1.807, 2.05) is 20.8 Å². The molecule has 1 aromatic carbocycles. The van der Waals surface area contributed by atoms with Crippen LogP contribution in [0.25, 0.3) is 0 Å². The summed E-state index contributed by atoms with van der Waals surface area (Å²) in [5, 5.41) is 0. The molecule has 1 nitrogen and oxygen atoms in total. The number of alkyl halides is 3. The Morgan fingerprint density at radius 3 is 2.12 bits per heavy atom. The van der Waals surface area contributed by atoms with Crippen LogP contribution in [-0.2, 0) is 6.18 Å². The predicted molar refractivity (Wildman–Crippen MR) is 65.5 cm³/mol. The van der Waals surface area contributed by atoms with Crippen molar-refractivity contribution in [2.75, 3.05) is 0 Å². The van der Waals surface area contributed by atoms with Crippen LogP contribution in [0.2, 0.25) is 0 Å². The summed E-state index contributed by atoms with van der Waals surface area (Å²) in [4.78, 5) is 0. The fourth-order valence-corrected chi connectivity index (χ4v) is 1.92. The second kappa shape index (κ2) is 4.61. The van der Waals surface area contributed by atoms with Crippen LogP contribution in [0.5, 0.6) is 0 Å². The van der Waals surface area contributed by atoms with E-state index in [2.05, 4.69) is 15.9 Å². The second-order valence-corrected chi connectivity index (χ2v) is 5.93. The van der Waals surface area contributed by atoms with Gasteiger partial charge < -0.3 is 5.73 Å². The summed E-state index contributed by atoms with van der Waals surface area (Å²) >= 11 is 3.24. The number of hydrogen-bond acceptors (Lipinski definition) is 1. The first-order valence-corrected chi connectivity index (χ1v) is 5.95. The highest BCUT2D eigenvalue weighted by atomic mass is 79.9. The molecule has 0 aliphatic heterocycles. The van der Waals surface area contributed by atoms with Gasteiger partial charge in [0.05, 0.1) is 5.56 Å². The van der Waals surface area contributed by atoms with Crippen LogP contribution in [0.3, 0.4) is 0 Å². The minimum Gasteiger partial charge on any atom is -0.323 e. The standard InChI is InChI=1S/C12H15BrF3N/c1-11(2,3)10(17)8-6-7(12(14,15)16)4-5-9(8)13/h4-6,10H,17H2,1-3H3/t10-/m0/s1. The van der Waals surface area contributed by atoms with Crippen molar-refractivity contribution in [2.24, 2.45) is 11.1 Å². The fourth-order valence-electron chi connectivity index (χ4n) is 1.42. The van der Waals surface area contributed by atoms with E-state index in [0.717, 1.165) is 12.1 Å². The van der Waals surface area contributed by atoms with Gasteiger partial charge in [0.2, 0.25) is 0 Å². The third-order valence-electron chi connectivity index (χ3n) is 2.59. The number of rotatable bonds is 1. The average molecular weight is 310 g/mol. The van der Waals surface area contributed by atoms with Crippen LogP contribution in [0, 0.1) is 5.41 Å². The molecule has 0 amide bonds. The molecule has 0 aliphatic carbocycles. The Hall–Kier alpha value is -0.550. The third kappa shape index (κ3) is 3.45. The van der Waals surface area contributed by atoms with Gasteiger partial charge in [-0.15, -0.1) is 0 Å². The van der Waals surface area contributed by atoms with Gasteiger partial charge in [-0.05, 0) is 29.2 Å². The quantitative estimate of drug-likeness (QED) is 0.811. The van der Waals surface area contributed by atoms with Gasteiger partial charge in [-0.1, -0.05) is 36.7 Å². The van der Waals surface area contributed by atoms with Crippen LogP contribution in [0.1, 0.15) is 37.9 Å². The minimum atomic E-state index is -4.34. The zero-order chi connectivity index (χ0) is 13.4. The smallest absolute Gasteiger partial charge is 0.323 e. The Kier molecular flexibility index (Phi) is 3.94. The molecule has 0 bridgehead atoms. The van der Waals surface area contributed by atoms with Gasteiger partial charge >= 0.3 is 6.18 Å². The second-order valence-electron chi connectivity index (χ2n) is 5.08. The van der Waals surface area contributed by atoms with E-state index in [4.69, 9.17) is 5.73 Å². The van der Waals surface area contributed by atoms with E-state index in [0.29, 0.717) is 10.0 Å². The number of halogens is 4. The molecule has 96 valence electrons. The van der Waals surface area contributed by atoms with E-state index in [1.165, 1.54) is 6.07 Å². The average Bonchev–Trinajstić information content (AvgIpc) is 2.14. The van der Waals surface area contributed by atoms with Gasteiger partial charge in [0.1, 0.15) is 0 Å². The maximum Gasteiger partial charge on any atom is 0.416 e. The molecule has 0 aliphatic rings. The molecule has 2 N–H and O–H groups in total. The molecule has 0 spiro atoms. The number of benzene rings is 1. The molecule has 0 unspecified atom stereocenters. The van der Waals surface area contributed by atoms with Gasteiger partial charge in [-0.25, -0.2) is 0 Å². The van der Waals surface area contributed by atoms with Crippen molar-refractivity contribution in [3.05, 3.63) is 33.8 Å². The van der Waals surface area contributed by atoms with E-state index in [-0.39, 0.29) is 5.41 Å². The molecule has 0 heterocycles. The van der Waals surface area contributed by atoms with Crippen LogP contribution < -0.4 is 5.73 Å². The van der Waals surface area contributed by atoms with Gasteiger partial charge in [0, 0.05) is 10.5 Å². The fraction of sp³-hybridized carbons (Fsp3) is 0.500. The Morgan fingerprint density at radius 2 is 1.71 bits per heavy atom. The predicted octanol–water partition coefficient (Wildman–Crippen LogP) is 4.51. The summed E-state index contributed by atoms with van der Waals surface area (Å²) in [7, 11) is 0. The Morgan fingerprint density at radius 1 is 1.18 bits per heavy atom. The summed E-state index contributed by atoms with van der Waals surface area (Å²) in [6.07, 6.45) is -4.34. The summed E-state index contributed by atoms with van der Waals surface area (Å²) in [6, 6.07) is 3.09. The first-order chi connectivity index (χ1) is 7.53. The Balaban J connectivity index is 3.25. The first-order valence-electron chi connectivity index (χ1n) is 5.15. The van der Waals surface area contributed by atoms with Crippen LogP contribution in [-0.4, -0.2) is 0 Å². The molecule has 0 saturated carbocycles. The highest BCUT2D eigenvalue weighted by Crippen LogP contribution is 2.38. The SMILES string of the molecule is CC(C)(C)[C@@H](N)c1cc(C(F)(F)F)ccc1Br. The third-order valence-corrected chi connectivity index (χ3v) is 3.31. The lowest BCUT2D eigenvalue weighted by atomic mass is 9.82. The summed E-state index contributed by atoms with van der Waals surface area (Å²) < 4.78 is 38.4. The van der Waals surface area contributed by atoms with E-state index in [9.17, 15) is 13.2 Å². The van der Waals surface area contributed by atoms with Crippen LogP contribution in [0.4, 0.5) is 13.2 Å². The molecule has 1 rings (SSSR count). The van der Waals surface area contributed by atoms with Crippen molar-refractivity contribution >= 4 is 15.9 Å². The van der Waals surface area contributed by atoms with Crippen molar-refractivity contribution in [3.63, 3.8) is 0 Å². The molecule has 0 saturated heterocycles. The molecular formula is C12H15BrF3N. The lowest BCUT2D eigenvalue weighted by Crippen LogP contribution is -2.27. The maximum absolute atomic E-state index is 12.6. The molecular weight excluding hydrogens is 295 g/mol. The molecule has 1 aromatic rings. The highest BCUT2D eigenvalue weighted by Gasteiger charge is 2.32. The summed E-state index contributed by atoms with van der Waals surface area (Å²) in [5.74, 6) is 0. The topological polar surface area (TPSA) is 26.0 Å². The summed E-state index contributed by atoms with van der Waals surface area (Å²) in [6.45, 7) is 5.68. The maximum atomic E-state index is 12.6. The lowest BCUT2D eigenvalue weighted by molar-refractivity contribution is -0.137. The molecule has 0 radical (unpaired) electrons. The zero-order valence-electron chi connectivity index (χ0n) is 9.90. The molecule has 5 heteroatoms. The number of hydrogen-bond donors (Lipinski definition) is 1. The van der Waals surface area contributed by atoms with Gasteiger partial charge in [-0.3, -0.25) is 0 Å². The molecule has 1 atom stereocenters. The van der Waals surface area contributed by atoms with Crippen LogP contribution >= 0.6 is 15.9 Å². The van der Waals surface area contributed by atoms with E-state index >= 15 is 0 Å². The molecule has 17 heavy (non-hydrogen) atoms. The zero-order valence-corrected chi connectivity index (χ0v) is 11.5. The van der Waals surface area contributed by atoms with Crippen molar-refractivity contribution < 1.29 is 13.2 Å². The van der Waals surface area contributed by atoms with Gasteiger partial charge in [0.15, 0.2) is 0 Å². The van der Waals surface area contributed by atoms with Crippen molar-refractivity contribution in [3.8, 4) is 0 Å². The molecule has 0 fully saturated rings. The van der Waals surface area contributed by atoms with E-state index < -0.39 is 17.8 Å². The largest absolute Gasteiger partial charge is 0.416 e. The van der Waals surface area contributed by atoms with Crippen molar-refractivity contribution in [2.45, 2.75) is 33.0 Å². The highest BCUT2D eigenvalue weighted by molar-refractivity contribution is 9.10. The number of nitrogens with two attached hydrogens (primary N) is 1. The normalized spacial score (nSPS) is 14.8. The minimum absolute atomic E-state index is 0.299. The van der Waals surface area contributed by atoms with Gasteiger partial charge in [-0.2, -0.15) is 13.2 Å². The Labute approximate surface area is 107 Å². The monoisotopic (exact) mass is 309 g/mol. The van der Waals surface area contributed by atoms with Crippen molar-refractivity contribution in [1.82, 2.24) is 0 Å². The van der Waals surface area contributed by atoms with Crippen molar-refractivity contribution in [1.29, 1.82) is 0 Å². The lowest BCUT2D eigenvalue weighted by Gasteiger charge is -2.28. The molecule has 0 aromatic heterocycles. The van der Waals surface area contributed by atoms with E-state index in [1.54, 1.807) is 0 Å². The van der Waals surface area contributed by atoms with Crippen LogP contribution in [0.15, 0.2) is 22.7 Å². The van der Waals surface area contributed by atoms with Gasteiger partial charge in [0.25, 0.3) is 0 Å². The Bertz CT molecular complexity index is 407.